The van der Waals surface area contributed by atoms with Crippen molar-refractivity contribution in [3.05, 3.63) is 0 Å². The van der Waals surface area contributed by atoms with Gasteiger partial charge in [-0.15, -0.1) is 0 Å². The van der Waals surface area contributed by atoms with Gasteiger partial charge in [-0.3, -0.25) is 4.90 Å². The standard InChI is InChI=1S/C13H24N2O2S/c1-18(16,17)10-9-15-6-2-5-13(15)11-14-7-3-12(13)4-8-14/h12H,2-11H2,1H3. The predicted molar refractivity (Wildman–Crippen MR) is 72.4 cm³/mol. The van der Waals surface area contributed by atoms with E-state index in [9.17, 15) is 8.42 Å². The topological polar surface area (TPSA) is 40.6 Å². The molecule has 1 atom stereocenters. The van der Waals surface area contributed by atoms with E-state index in [2.05, 4.69) is 9.80 Å². The van der Waals surface area contributed by atoms with Gasteiger partial charge in [-0.1, -0.05) is 0 Å². The van der Waals surface area contributed by atoms with Crippen molar-refractivity contribution in [3.63, 3.8) is 0 Å². The van der Waals surface area contributed by atoms with E-state index >= 15 is 0 Å². The summed E-state index contributed by atoms with van der Waals surface area (Å²) in [5.74, 6) is 1.13. The van der Waals surface area contributed by atoms with Crippen LogP contribution in [-0.4, -0.2) is 68.5 Å². The maximum Gasteiger partial charge on any atom is 0.148 e. The number of rotatable bonds is 3. The number of hydrogen-bond donors (Lipinski definition) is 0. The van der Waals surface area contributed by atoms with Crippen molar-refractivity contribution < 1.29 is 8.42 Å². The Hall–Kier alpha value is -0.130. The highest BCUT2D eigenvalue weighted by Crippen LogP contribution is 2.45. The molecule has 4 heterocycles. The van der Waals surface area contributed by atoms with E-state index < -0.39 is 9.84 Å². The molecule has 4 saturated heterocycles. The van der Waals surface area contributed by atoms with Gasteiger partial charge in [0.25, 0.3) is 0 Å². The molecule has 2 bridgehead atoms. The van der Waals surface area contributed by atoms with Gasteiger partial charge >= 0.3 is 0 Å². The molecule has 18 heavy (non-hydrogen) atoms. The van der Waals surface area contributed by atoms with Crippen LogP contribution >= 0.6 is 0 Å². The lowest BCUT2D eigenvalue weighted by molar-refractivity contribution is -0.0484. The van der Waals surface area contributed by atoms with Crippen molar-refractivity contribution in [3.8, 4) is 0 Å². The largest absolute Gasteiger partial charge is 0.301 e. The third-order valence-electron chi connectivity index (χ3n) is 5.24. The lowest BCUT2D eigenvalue weighted by Gasteiger charge is -2.55. The number of fused-ring (bicyclic) bond motifs is 2. The molecule has 4 nitrogen and oxygen atoms in total. The highest BCUT2D eigenvalue weighted by atomic mass is 32.2. The first kappa shape index (κ1) is 12.9. The maximum absolute atomic E-state index is 11.4. The summed E-state index contributed by atoms with van der Waals surface area (Å²) in [5.41, 5.74) is 0.321. The second-order valence-electron chi connectivity index (χ2n) is 6.37. The van der Waals surface area contributed by atoms with Crippen LogP contribution in [0.4, 0.5) is 0 Å². The predicted octanol–water partition coefficient (Wildman–Crippen LogP) is 0.591. The third-order valence-corrected chi connectivity index (χ3v) is 6.17. The van der Waals surface area contributed by atoms with Gasteiger partial charge in [0.05, 0.1) is 5.75 Å². The average Bonchev–Trinajstić information content (AvgIpc) is 2.70. The Morgan fingerprint density at radius 2 is 1.94 bits per heavy atom. The van der Waals surface area contributed by atoms with Crippen molar-refractivity contribution in [1.82, 2.24) is 9.80 Å². The van der Waals surface area contributed by atoms with E-state index in [1.807, 2.05) is 0 Å². The number of sulfone groups is 1. The Labute approximate surface area is 110 Å². The number of likely N-dealkylation sites (tertiary alicyclic amines) is 1. The van der Waals surface area contributed by atoms with E-state index in [0.29, 0.717) is 11.3 Å². The Morgan fingerprint density at radius 1 is 1.22 bits per heavy atom. The minimum absolute atomic E-state index is 0.321. The van der Waals surface area contributed by atoms with Gasteiger partial charge in [-0.2, -0.15) is 0 Å². The molecule has 0 radical (unpaired) electrons. The summed E-state index contributed by atoms with van der Waals surface area (Å²) >= 11 is 0. The summed E-state index contributed by atoms with van der Waals surface area (Å²) in [6.07, 6.45) is 6.50. The van der Waals surface area contributed by atoms with Crippen LogP contribution in [0.5, 0.6) is 0 Å². The van der Waals surface area contributed by atoms with Gasteiger partial charge in [0.2, 0.25) is 0 Å². The van der Waals surface area contributed by atoms with Crippen molar-refractivity contribution in [1.29, 1.82) is 0 Å². The lowest BCUT2D eigenvalue weighted by Crippen LogP contribution is -2.65. The molecule has 0 N–H and O–H groups in total. The zero-order valence-corrected chi connectivity index (χ0v) is 12.1. The summed E-state index contributed by atoms with van der Waals surface area (Å²) in [7, 11) is -2.84. The Kier molecular flexibility index (Phi) is 3.19. The fraction of sp³-hybridized carbons (Fsp3) is 1.00. The van der Waals surface area contributed by atoms with Crippen molar-refractivity contribution in [2.75, 3.05) is 44.7 Å². The highest BCUT2D eigenvalue weighted by Gasteiger charge is 2.51. The molecular weight excluding hydrogens is 248 g/mol. The van der Waals surface area contributed by atoms with Crippen molar-refractivity contribution in [2.45, 2.75) is 31.2 Å². The molecule has 0 amide bonds. The van der Waals surface area contributed by atoms with Crippen LogP contribution in [-0.2, 0) is 9.84 Å². The molecule has 1 spiro atoms. The molecule has 0 aliphatic carbocycles. The molecule has 4 aliphatic rings. The molecule has 1 unspecified atom stereocenters. The fourth-order valence-corrected chi connectivity index (χ4v) is 4.91. The zero-order valence-electron chi connectivity index (χ0n) is 11.3. The lowest BCUT2D eigenvalue weighted by atomic mass is 9.71. The van der Waals surface area contributed by atoms with Gasteiger partial charge in [0.15, 0.2) is 0 Å². The number of piperidine rings is 3. The van der Waals surface area contributed by atoms with Crippen LogP contribution < -0.4 is 0 Å². The molecular formula is C13H24N2O2S. The van der Waals surface area contributed by atoms with Gasteiger partial charge in [-0.25, -0.2) is 8.42 Å². The van der Waals surface area contributed by atoms with Crippen LogP contribution in [0.25, 0.3) is 0 Å². The van der Waals surface area contributed by atoms with Gasteiger partial charge in [0.1, 0.15) is 9.84 Å². The first-order valence-electron chi connectivity index (χ1n) is 7.15. The number of hydrogen-bond acceptors (Lipinski definition) is 4. The molecule has 4 rings (SSSR count). The quantitative estimate of drug-likeness (QED) is 0.754. The van der Waals surface area contributed by atoms with Crippen LogP contribution in [0.3, 0.4) is 0 Å². The fourth-order valence-electron chi connectivity index (χ4n) is 4.35. The summed E-state index contributed by atoms with van der Waals surface area (Å²) in [6, 6.07) is 0. The molecule has 0 aromatic rings. The van der Waals surface area contributed by atoms with Crippen LogP contribution in [0.1, 0.15) is 25.7 Å². The van der Waals surface area contributed by atoms with Gasteiger partial charge in [-0.05, 0) is 51.2 Å². The highest BCUT2D eigenvalue weighted by molar-refractivity contribution is 7.90. The summed E-state index contributed by atoms with van der Waals surface area (Å²) in [5, 5.41) is 0. The van der Waals surface area contributed by atoms with Crippen molar-refractivity contribution in [2.24, 2.45) is 5.92 Å². The van der Waals surface area contributed by atoms with E-state index in [1.54, 1.807) is 0 Å². The second kappa shape index (κ2) is 4.46. The molecule has 0 aromatic carbocycles. The van der Waals surface area contributed by atoms with E-state index in [1.165, 1.54) is 51.6 Å². The van der Waals surface area contributed by atoms with Crippen LogP contribution in [0, 0.1) is 5.92 Å². The van der Waals surface area contributed by atoms with E-state index in [4.69, 9.17) is 0 Å². The Bertz CT molecular complexity index is 415. The number of nitrogens with zero attached hydrogens (tertiary/aromatic N) is 2. The first-order valence-corrected chi connectivity index (χ1v) is 9.21. The molecule has 4 fully saturated rings. The first-order chi connectivity index (χ1) is 8.50. The molecule has 4 aliphatic heterocycles. The summed E-state index contributed by atoms with van der Waals surface area (Å²) < 4.78 is 22.8. The minimum atomic E-state index is -2.84. The molecule has 104 valence electrons. The second-order valence-corrected chi connectivity index (χ2v) is 8.63. The normalized spacial score (nSPS) is 40.7. The molecule has 0 aromatic heterocycles. The summed E-state index contributed by atoms with van der Waals surface area (Å²) in [4.78, 5) is 5.09. The minimum Gasteiger partial charge on any atom is -0.301 e. The average molecular weight is 272 g/mol. The summed E-state index contributed by atoms with van der Waals surface area (Å²) in [6.45, 7) is 5.53. The molecule has 0 saturated carbocycles. The van der Waals surface area contributed by atoms with E-state index in [-0.39, 0.29) is 0 Å². The Morgan fingerprint density at radius 3 is 2.50 bits per heavy atom. The van der Waals surface area contributed by atoms with Gasteiger partial charge < -0.3 is 4.90 Å². The smallest absolute Gasteiger partial charge is 0.148 e. The van der Waals surface area contributed by atoms with E-state index in [0.717, 1.165) is 19.0 Å². The van der Waals surface area contributed by atoms with Gasteiger partial charge in [0, 0.05) is 24.9 Å². The SMILES string of the molecule is CS(=O)(=O)CCN1CCCC12CN1CCC2CC1. The van der Waals surface area contributed by atoms with Crippen LogP contribution in [0.2, 0.25) is 0 Å². The monoisotopic (exact) mass is 272 g/mol. The zero-order chi connectivity index (χ0) is 12.8. The third kappa shape index (κ3) is 2.21. The van der Waals surface area contributed by atoms with Crippen LogP contribution in [0.15, 0.2) is 0 Å². The maximum atomic E-state index is 11.4. The van der Waals surface area contributed by atoms with Crippen molar-refractivity contribution >= 4 is 9.84 Å². The molecule has 5 heteroatoms. The Balaban J connectivity index is 1.74.